The van der Waals surface area contributed by atoms with E-state index in [9.17, 15) is 9.18 Å². The lowest BCUT2D eigenvalue weighted by Gasteiger charge is -2.11. The van der Waals surface area contributed by atoms with E-state index in [1.807, 2.05) is 0 Å². The van der Waals surface area contributed by atoms with Crippen molar-refractivity contribution >= 4 is 16.7 Å². The van der Waals surface area contributed by atoms with Crippen molar-refractivity contribution in [3.8, 4) is 11.3 Å². The first kappa shape index (κ1) is 16.4. The Labute approximate surface area is 157 Å². The fraction of sp³-hybridized carbons (Fsp3) is 0.100. The second-order valence-electron chi connectivity index (χ2n) is 6.43. The smallest absolute Gasteiger partial charge is 0.262 e. The molecule has 7 nitrogen and oxygen atoms in total. The van der Waals surface area contributed by atoms with Gasteiger partial charge in [-0.15, -0.1) is 5.10 Å². The zero-order valence-electron chi connectivity index (χ0n) is 14.8. The second-order valence-corrected chi connectivity index (χ2v) is 6.43. The molecule has 28 heavy (non-hydrogen) atoms. The lowest BCUT2D eigenvalue weighted by atomic mass is 10.1. The van der Waals surface area contributed by atoms with Crippen molar-refractivity contribution < 1.29 is 8.81 Å². The molecule has 0 atom stereocenters. The van der Waals surface area contributed by atoms with Crippen LogP contribution >= 0.6 is 0 Å². The molecular formula is C20H14FN5O2. The molecule has 0 radical (unpaired) electrons. The zero-order chi connectivity index (χ0) is 19.3. The van der Waals surface area contributed by atoms with Gasteiger partial charge in [0.2, 0.25) is 0 Å². The third-order valence-corrected chi connectivity index (χ3v) is 4.53. The van der Waals surface area contributed by atoms with Gasteiger partial charge in [0, 0.05) is 11.8 Å². The highest BCUT2D eigenvalue weighted by atomic mass is 19.1. The highest BCUT2D eigenvalue weighted by Crippen LogP contribution is 2.26. The van der Waals surface area contributed by atoms with E-state index in [4.69, 9.17) is 4.42 Å². The Hall–Kier alpha value is -3.81. The van der Waals surface area contributed by atoms with Crippen LogP contribution < -0.4 is 5.56 Å². The van der Waals surface area contributed by atoms with Crippen LogP contribution in [0.5, 0.6) is 0 Å². The first-order chi connectivity index (χ1) is 13.6. The molecule has 4 aromatic heterocycles. The number of benzene rings is 1. The summed E-state index contributed by atoms with van der Waals surface area (Å²) in [5.74, 6) is 1.22. The van der Waals surface area contributed by atoms with Crippen LogP contribution in [0.25, 0.3) is 27.9 Å². The molecule has 0 saturated heterocycles. The van der Waals surface area contributed by atoms with Gasteiger partial charge in [-0.05, 0) is 49.4 Å². The van der Waals surface area contributed by atoms with E-state index in [0.717, 1.165) is 0 Å². The summed E-state index contributed by atoms with van der Waals surface area (Å²) >= 11 is 0. The molecule has 0 aliphatic carbocycles. The van der Waals surface area contributed by atoms with Crippen molar-refractivity contribution in [1.29, 1.82) is 0 Å². The fourth-order valence-corrected chi connectivity index (χ4v) is 3.29. The van der Waals surface area contributed by atoms with E-state index in [1.165, 1.54) is 16.6 Å². The lowest BCUT2D eigenvalue weighted by Crippen LogP contribution is -2.21. The minimum atomic E-state index is -0.358. The van der Waals surface area contributed by atoms with Crippen LogP contribution in [-0.4, -0.2) is 24.1 Å². The van der Waals surface area contributed by atoms with Crippen molar-refractivity contribution in [1.82, 2.24) is 24.1 Å². The average Bonchev–Trinajstić information content (AvgIpc) is 3.32. The number of hydrogen-bond acceptors (Lipinski definition) is 5. The van der Waals surface area contributed by atoms with Gasteiger partial charge in [0.25, 0.3) is 11.3 Å². The molecule has 0 aliphatic heterocycles. The fourth-order valence-electron chi connectivity index (χ4n) is 3.29. The predicted molar refractivity (Wildman–Crippen MR) is 100 cm³/mol. The molecule has 0 fully saturated rings. The third kappa shape index (κ3) is 2.58. The van der Waals surface area contributed by atoms with E-state index < -0.39 is 0 Å². The number of halogens is 1. The topological polar surface area (TPSA) is 78.2 Å². The van der Waals surface area contributed by atoms with Gasteiger partial charge in [-0.1, -0.05) is 0 Å². The number of pyridine rings is 1. The van der Waals surface area contributed by atoms with Gasteiger partial charge in [-0.2, -0.15) is 9.50 Å². The van der Waals surface area contributed by atoms with E-state index in [0.29, 0.717) is 46.1 Å². The maximum absolute atomic E-state index is 13.5. The van der Waals surface area contributed by atoms with E-state index in [2.05, 4.69) is 15.1 Å². The van der Waals surface area contributed by atoms with Crippen LogP contribution in [0.2, 0.25) is 0 Å². The van der Waals surface area contributed by atoms with Crippen molar-refractivity contribution in [2.75, 3.05) is 0 Å². The molecular weight excluding hydrogens is 361 g/mol. The Morgan fingerprint density at radius 3 is 2.68 bits per heavy atom. The quantitative estimate of drug-likeness (QED) is 0.484. The number of hydrogen-bond donors (Lipinski definition) is 0. The number of rotatable bonds is 3. The zero-order valence-corrected chi connectivity index (χ0v) is 14.8. The van der Waals surface area contributed by atoms with Crippen LogP contribution in [0.3, 0.4) is 0 Å². The average molecular weight is 375 g/mol. The van der Waals surface area contributed by atoms with Crippen LogP contribution in [0.1, 0.15) is 11.6 Å². The van der Waals surface area contributed by atoms with Gasteiger partial charge < -0.3 is 8.98 Å². The molecule has 0 unspecified atom stereocenters. The standard InChI is InChI=1S/C20H14FN5O2/c1-12-22-20-23-16-8-9-25(11-15-3-2-10-28-15)19(27)17(16)18(26(20)24-12)13-4-6-14(21)7-5-13/h2-10H,11H2,1H3. The van der Waals surface area contributed by atoms with Gasteiger partial charge in [0.05, 0.1) is 29.4 Å². The molecule has 138 valence electrons. The minimum absolute atomic E-state index is 0.240. The van der Waals surface area contributed by atoms with Crippen LogP contribution in [0.15, 0.2) is 64.1 Å². The molecule has 5 rings (SSSR count). The Kier molecular flexibility index (Phi) is 3.58. The molecule has 0 N–H and O–H groups in total. The SMILES string of the molecule is Cc1nc2nc3ccn(Cc4ccco4)c(=O)c3c(-c3ccc(F)cc3)n2n1. The number of fused-ring (bicyclic) bond motifs is 2. The van der Waals surface area contributed by atoms with Crippen LogP contribution in [0.4, 0.5) is 4.39 Å². The van der Waals surface area contributed by atoms with Crippen LogP contribution in [0, 0.1) is 12.7 Å². The van der Waals surface area contributed by atoms with E-state index in [1.54, 1.807) is 54.3 Å². The molecule has 4 heterocycles. The van der Waals surface area contributed by atoms with Crippen molar-refractivity contribution in [3.05, 3.63) is 82.7 Å². The molecule has 0 saturated carbocycles. The Bertz CT molecular complexity index is 1370. The van der Waals surface area contributed by atoms with Gasteiger partial charge >= 0.3 is 0 Å². The van der Waals surface area contributed by atoms with Gasteiger partial charge in [-0.3, -0.25) is 4.79 Å². The minimum Gasteiger partial charge on any atom is -0.467 e. The Morgan fingerprint density at radius 1 is 1.11 bits per heavy atom. The van der Waals surface area contributed by atoms with E-state index in [-0.39, 0.29) is 11.4 Å². The molecule has 0 spiro atoms. The summed E-state index contributed by atoms with van der Waals surface area (Å²) in [7, 11) is 0. The Balaban J connectivity index is 1.86. The van der Waals surface area contributed by atoms with Crippen molar-refractivity contribution in [2.24, 2.45) is 0 Å². The maximum Gasteiger partial charge on any atom is 0.262 e. The first-order valence-corrected chi connectivity index (χ1v) is 8.65. The predicted octanol–water partition coefficient (Wildman–Crippen LogP) is 3.20. The van der Waals surface area contributed by atoms with Crippen molar-refractivity contribution in [2.45, 2.75) is 13.5 Å². The molecule has 5 aromatic rings. The largest absolute Gasteiger partial charge is 0.467 e. The molecule has 1 aromatic carbocycles. The van der Waals surface area contributed by atoms with Gasteiger partial charge in [-0.25, -0.2) is 9.37 Å². The van der Waals surface area contributed by atoms with E-state index >= 15 is 0 Å². The number of nitrogens with zero attached hydrogens (tertiary/aromatic N) is 5. The summed E-state index contributed by atoms with van der Waals surface area (Å²) in [6.45, 7) is 2.04. The second kappa shape index (κ2) is 6.12. The summed E-state index contributed by atoms with van der Waals surface area (Å²) in [4.78, 5) is 22.1. The summed E-state index contributed by atoms with van der Waals surface area (Å²) < 4.78 is 21.9. The third-order valence-electron chi connectivity index (χ3n) is 4.53. The Morgan fingerprint density at radius 2 is 1.93 bits per heavy atom. The highest BCUT2D eigenvalue weighted by molar-refractivity contribution is 5.93. The number of aromatic nitrogens is 5. The maximum atomic E-state index is 13.5. The summed E-state index contributed by atoms with van der Waals surface area (Å²) in [5, 5.41) is 4.78. The monoisotopic (exact) mass is 375 g/mol. The lowest BCUT2D eigenvalue weighted by molar-refractivity contribution is 0.490. The first-order valence-electron chi connectivity index (χ1n) is 8.65. The van der Waals surface area contributed by atoms with Crippen LogP contribution in [-0.2, 0) is 6.54 Å². The summed E-state index contributed by atoms with van der Waals surface area (Å²) in [5.41, 5.74) is 1.44. The normalized spacial score (nSPS) is 11.5. The van der Waals surface area contributed by atoms with Crippen molar-refractivity contribution in [3.63, 3.8) is 0 Å². The number of aryl methyl sites for hydroxylation is 1. The highest BCUT2D eigenvalue weighted by Gasteiger charge is 2.18. The number of furan rings is 1. The van der Waals surface area contributed by atoms with Gasteiger partial charge in [0.1, 0.15) is 17.4 Å². The molecule has 0 bridgehead atoms. The molecule has 0 amide bonds. The summed E-state index contributed by atoms with van der Waals surface area (Å²) in [6, 6.07) is 11.3. The summed E-state index contributed by atoms with van der Waals surface area (Å²) in [6.07, 6.45) is 3.24. The molecule has 0 aliphatic rings. The molecule has 8 heteroatoms. The van der Waals surface area contributed by atoms with Gasteiger partial charge in [0.15, 0.2) is 0 Å².